The van der Waals surface area contributed by atoms with Crippen LogP contribution >= 0.6 is 0 Å². The van der Waals surface area contributed by atoms with E-state index >= 15 is 0 Å². The van der Waals surface area contributed by atoms with E-state index in [0.717, 1.165) is 5.69 Å². The smallest absolute Gasteiger partial charge is 0.350 e. The number of aliphatic hydroxyl groups excluding tert-OH is 1. The number of carbonyl (C=O) groups excluding carboxylic acids is 1. The Morgan fingerprint density at radius 3 is 2.97 bits per heavy atom. The third-order valence-corrected chi connectivity index (χ3v) is 5.10. The quantitative estimate of drug-likeness (QED) is 0.661. The van der Waals surface area contributed by atoms with Gasteiger partial charge in [0.2, 0.25) is 0 Å². The van der Waals surface area contributed by atoms with E-state index in [4.69, 9.17) is 4.74 Å². The molecule has 1 N–H and O–H groups in total. The van der Waals surface area contributed by atoms with E-state index in [1.807, 2.05) is 17.0 Å². The second-order valence-corrected chi connectivity index (χ2v) is 7.43. The van der Waals surface area contributed by atoms with Crippen LogP contribution in [0.1, 0.15) is 23.7 Å². The highest BCUT2D eigenvalue weighted by Gasteiger charge is 2.24. The van der Waals surface area contributed by atoms with Crippen LogP contribution in [0.4, 0.5) is 11.5 Å². The molecule has 0 fully saturated rings. The monoisotopic (exact) mass is 412 g/mol. The highest BCUT2D eigenvalue weighted by molar-refractivity contribution is 5.94. The number of pyridine rings is 2. The number of nitrogens with zero attached hydrogens (tertiary/aromatic N) is 6. The SMILES string of the molecule is CC(O)CCN(C)C(=O)c1cnc2c(c1)OCCN2c1ccn2c(=O)n(C)nc2c1. The summed E-state index contributed by atoms with van der Waals surface area (Å²) in [6.45, 7) is 3.16. The van der Waals surface area contributed by atoms with Gasteiger partial charge in [-0.2, -0.15) is 5.10 Å². The van der Waals surface area contributed by atoms with Gasteiger partial charge in [0.1, 0.15) is 6.61 Å². The van der Waals surface area contributed by atoms with Crippen molar-refractivity contribution < 1.29 is 14.6 Å². The van der Waals surface area contributed by atoms with Crippen molar-refractivity contribution >= 4 is 23.1 Å². The molecule has 0 aromatic carbocycles. The highest BCUT2D eigenvalue weighted by atomic mass is 16.5. The lowest BCUT2D eigenvalue weighted by molar-refractivity contribution is 0.0768. The molecule has 0 bridgehead atoms. The number of anilines is 2. The Morgan fingerprint density at radius 1 is 1.40 bits per heavy atom. The summed E-state index contributed by atoms with van der Waals surface area (Å²) < 4.78 is 8.53. The summed E-state index contributed by atoms with van der Waals surface area (Å²) >= 11 is 0. The number of aliphatic hydroxyl groups is 1. The van der Waals surface area contributed by atoms with Crippen LogP contribution in [0.25, 0.3) is 5.65 Å². The van der Waals surface area contributed by atoms with Crippen molar-refractivity contribution in [2.45, 2.75) is 19.4 Å². The van der Waals surface area contributed by atoms with Crippen molar-refractivity contribution in [3.8, 4) is 5.75 Å². The Morgan fingerprint density at radius 2 is 2.20 bits per heavy atom. The predicted octanol–water partition coefficient (Wildman–Crippen LogP) is 0.801. The van der Waals surface area contributed by atoms with E-state index in [-0.39, 0.29) is 11.6 Å². The van der Waals surface area contributed by atoms with Crippen molar-refractivity contribution in [2.24, 2.45) is 7.05 Å². The first-order valence-electron chi connectivity index (χ1n) is 9.74. The Balaban J connectivity index is 1.62. The number of rotatable bonds is 5. The summed E-state index contributed by atoms with van der Waals surface area (Å²) in [5, 5.41) is 13.7. The first kappa shape index (κ1) is 19.9. The first-order chi connectivity index (χ1) is 14.3. The summed E-state index contributed by atoms with van der Waals surface area (Å²) in [5.74, 6) is 0.947. The van der Waals surface area contributed by atoms with E-state index in [1.54, 1.807) is 38.2 Å². The highest BCUT2D eigenvalue weighted by Crippen LogP contribution is 2.35. The molecule has 1 aliphatic heterocycles. The van der Waals surface area contributed by atoms with Crippen molar-refractivity contribution in [1.82, 2.24) is 24.1 Å². The average Bonchev–Trinajstić information content (AvgIpc) is 3.03. The van der Waals surface area contributed by atoms with Crippen molar-refractivity contribution in [2.75, 3.05) is 31.6 Å². The van der Waals surface area contributed by atoms with Crippen LogP contribution in [0, 0.1) is 0 Å². The number of hydrogen-bond donors (Lipinski definition) is 1. The van der Waals surface area contributed by atoms with Crippen LogP contribution in [-0.2, 0) is 7.05 Å². The fourth-order valence-electron chi connectivity index (χ4n) is 3.41. The second kappa shape index (κ2) is 7.79. The number of ether oxygens (including phenoxy) is 1. The molecule has 0 spiro atoms. The molecule has 1 aliphatic rings. The molecule has 30 heavy (non-hydrogen) atoms. The van der Waals surface area contributed by atoms with Crippen LogP contribution in [0.3, 0.4) is 0 Å². The van der Waals surface area contributed by atoms with E-state index in [9.17, 15) is 14.7 Å². The van der Waals surface area contributed by atoms with Gasteiger partial charge < -0.3 is 19.6 Å². The molecule has 158 valence electrons. The molecule has 1 amide bonds. The zero-order chi connectivity index (χ0) is 21.4. The van der Waals surface area contributed by atoms with Gasteiger partial charge in [-0.1, -0.05) is 0 Å². The van der Waals surface area contributed by atoms with Crippen molar-refractivity contribution in [1.29, 1.82) is 0 Å². The maximum absolute atomic E-state index is 12.7. The van der Waals surface area contributed by atoms with Gasteiger partial charge >= 0.3 is 5.69 Å². The van der Waals surface area contributed by atoms with Gasteiger partial charge in [-0.3, -0.25) is 9.20 Å². The van der Waals surface area contributed by atoms with Crippen LogP contribution in [-0.4, -0.2) is 67.9 Å². The zero-order valence-corrected chi connectivity index (χ0v) is 17.1. The van der Waals surface area contributed by atoms with E-state index < -0.39 is 6.10 Å². The number of hydrogen-bond acceptors (Lipinski definition) is 7. The first-order valence-corrected chi connectivity index (χ1v) is 9.74. The predicted molar refractivity (Wildman–Crippen MR) is 110 cm³/mol. The molecule has 0 radical (unpaired) electrons. The number of aromatic nitrogens is 4. The molecule has 4 heterocycles. The second-order valence-electron chi connectivity index (χ2n) is 7.43. The van der Waals surface area contributed by atoms with Gasteiger partial charge in [0.05, 0.1) is 18.2 Å². The number of amides is 1. The Labute approximate surface area is 172 Å². The van der Waals surface area contributed by atoms with Gasteiger partial charge in [0, 0.05) is 44.8 Å². The van der Waals surface area contributed by atoms with Crippen LogP contribution in [0.5, 0.6) is 5.75 Å². The Bertz CT molecular complexity index is 1150. The third kappa shape index (κ3) is 3.61. The molecule has 1 unspecified atom stereocenters. The van der Waals surface area contributed by atoms with Gasteiger partial charge in [0.25, 0.3) is 5.91 Å². The standard InChI is InChI=1S/C20H24N6O4/c1-13(27)4-6-23(2)19(28)14-10-16-18(21-12-14)25(8-9-30-16)15-5-7-26-17(11-15)22-24(3)20(26)29/h5,7,10-13,27H,4,6,8-9H2,1-3H3. The summed E-state index contributed by atoms with van der Waals surface area (Å²) in [6.07, 6.45) is 3.26. The van der Waals surface area contributed by atoms with Gasteiger partial charge in [0.15, 0.2) is 17.2 Å². The van der Waals surface area contributed by atoms with Crippen molar-refractivity contribution in [3.05, 3.63) is 46.6 Å². The Hall–Kier alpha value is -3.40. The summed E-state index contributed by atoms with van der Waals surface area (Å²) in [7, 11) is 3.30. The molecule has 0 saturated carbocycles. The number of fused-ring (bicyclic) bond motifs is 2. The fraction of sp³-hybridized carbons (Fsp3) is 0.400. The summed E-state index contributed by atoms with van der Waals surface area (Å²) in [5.41, 5.74) is 1.59. The molecule has 4 rings (SSSR count). The lowest BCUT2D eigenvalue weighted by Crippen LogP contribution is -2.31. The molecule has 0 saturated heterocycles. The maximum Gasteiger partial charge on any atom is 0.350 e. The molecule has 3 aromatic heterocycles. The van der Waals surface area contributed by atoms with Crippen LogP contribution < -0.4 is 15.3 Å². The number of carbonyl (C=O) groups is 1. The lowest BCUT2D eigenvalue weighted by atomic mass is 10.2. The minimum absolute atomic E-state index is 0.180. The zero-order valence-electron chi connectivity index (χ0n) is 17.1. The van der Waals surface area contributed by atoms with E-state index in [2.05, 4.69) is 10.1 Å². The summed E-state index contributed by atoms with van der Waals surface area (Å²) in [6, 6.07) is 5.34. The molecule has 10 nitrogen and oxygen atoms in total. The largest absolute Gasteiger partial charge is 0.488 e. The molecular formula is C20H24N6O4. The minimum Gasteiger partial charge on any atom is -0.488 e. The molecule has 3 aromatic rings. The van der Waals surface area contributed by atoms with Crippen LogP contribution in [0.15, 0.2) is 35.4 Å². The average molecular weight is 412 g/mol. The molecule has 10 heteroatoms. The minimum atomic E-state index is -0.467. The normalized spacial score (nSPS) is 14.3. The third-order valence-electron chi connectivity index (χ3n) is 5.10. The van der Waals surface area contributed by atoms with Gasteiger partial charge in [-0.05, 0) is 25.5 Å². The van der Waals surface area contributed by atoms with E-state index in [0.29, 0.717) is 48.9 Å². The molecule has 0 aliphatic carbocycles. The summed E-state index contributed by atoms with van der Waals surface area (Å²) in [4.78, 5) is 32.7. The topological polar surface area (TPSA) is 105 Å². The van der Waals surface area contributed by atoms with E-state index in [1.165, 1.54) is 15.3 Å². The number of aryl methyl sites for hydroxylation is 1. The van der Waals surface area contributed by atoms with Gasteiger partial charge in [-0.25, -0.2) is 14.5 Å². The van der Waals surface area contributed by atoms with Crippen molar-refractivity contribution in [3.63, 3.8) is 0 Å². The molecular weight excluding hydrogens is 388 g/mol. The maximum atomic E-state index is 12.7. The van der Waals surface area contributed by atoms with Crippen LogP contribution in [0.2, 0.25) is 0 Å². The lowest BCUT2D eigenvalue weighted by Gasteiger charge is -2.30. The fourth-order valence-corrected chi connectivity index (χ4v) is 3.41. The van der Waals surface area contributed by atoms with Gasteiger partial charge in [-0.15, -0.1) is 0 Å². The molecule has 1 atom stereocenters. The Kier molecular flexibility index (Phi) is 5.17.